The lowest BCUT2D eigenvalue weighted by atomic mass is 10.1. The number of hydrogen-bond acceptors (Lipinski definition) is 4. The number of amides is 1. The molecule has 1 atom stereocenters. The summed E-state index contributed by atoms with van der Waals surface area (Å²) >= 11 is 1.20. The summed E-state index contributed by atoms with van der Waals surface area (Å²) in [5.41, 5.74) is 1.08. The minimum Gasteiger partial charge on any atom is -0.339 e. The second-order valence-electron chi connectivity index (χ2n) is 5.95. The molecule has 2 aromatic rings. The average molecular weight is 381 g/mol. The van der Waals surface area contributed by atoms with E-state index in [0.29, 0.717) is 23.6 Å². The molecule has 0 saturated heterocycles. The zero-order valence-corrected chi connectivity index (χ0v) is 16.4. The van der Waals surface area contributed by atoms with Crippen molar-refractivity contribution in [3.63, 3.8) is 0 Å². The topological polar surface area (TPSA) is 57.7 Å². The molecule has 0 aliphatic heterocycles. The predicted molar refractivity (Wildman–Crippen MR) is 101 cm³/mol. The van der Waals surface area contributed by atoms with Crippen molar-refractivity contribution in [1.82, 2.24) is 9.21 Å². The fourth-order valence-electron chi connectivity index (χ4n) is 2.48. The standard InChI is InChI=1S/C18H24N2O3S2/c1-15(16-9-5-4-6-10-16)20(3)17(21)11-7-13-19(2)25(22,23)18-12-8-14-24-18/h4-6,8-10,12,14-15H,7,11,13H2,1-3H3. The summed E-state index contributed by atoms with van der Waals surface area (Å²) in [7, 11) is -0.111. The van der Waals surface area contributed by atoms with Crippen LogP contribution >= 0.6 is 11.3 Å². The highest BCUT2D eigenvalue weighted by molar-refractivity contribution is 7.91. The van der Waals surface area contributed by atoms with E-state index in [1.54, 1.807) is 36.5 Å². The number of carbonyl (C=O) groups is 1. The first kappa shape index (κ1) is 19.6. The Bertz CT molecular complexity index is 774. The molecular weight excluding hydrogens is 356 g/mol. The summed E-state index contributed by atoms with van der Waals surface area (Å²) in [5, 5.41) is 1.74. The third kappa shape index (κ3) is 4.90. The molecule has 1 aromatic carbocycles. The van der Waals surface area contributed by atoms with Crippen molar-refractivity contribution >= 4 is 27.3 Å². The van der Waals surface area contributed by atoms with Gasteiger partial charge in [0.1, 0.15) is 4.21 Å². The lowest BCUT2D eigenvalue weighted by Gasteiger charge is -2.26. The third-order valence-electron chi connectivity index (χ3n) is 4.28. The Balaban J connectivity index is 1.86. The molecule has 25 heavy (non-hydrogen) atoms. The van der Waals surface area contributed by atoms with Crippen molar-refractivity contribution in [1.29, 1.82) is 0 Å². The zero-order chi connectivity index (χ0) is 18.4. The van der Waals surface area contributed by atoms with Gasteiger partial charge in [0.05, 0.1) is 6.04 Å². The molecule has 7 heteroatoms. The summed E-state index contributed by atoms with van der Waals surface area (Å²) in [6.07, 6.45) is 0.809. The minimum atomic E-state index is -3.45. The van der Waals surface area contributed by atoms with Crippen LogP contribution in [0.4, 0.5) is 0 Å². The maximum absolute atomic E-state index is 12.4. The average Bonchev–Trinajstić information content (AvgIpc) is 3.16. The van der Waals surface area contributed by atoms with E-state index < -0.39 is 10.0 Å². The number of thiophene rings is 1. The fourth-order valence-corrected chi connectivity index (χ4v) is 4.89. The summed E-state index contributed by atoms with van der Waals surface area (Å²) in [4.78, 5) is 14.1. The Morgan fingerprint density at radius 3 is 2.40 bits per heavy atom. The van der Waals surface area contributed by atoms with Crippen LogP contribution in [0.25, 0.3) is 0 Å². The Morgan fingerprint density at radius 1 is 1.12 bits per heavy atom. The molecule has 2 rings (SSSR count). The molecule has 5 nitrogen and oxygen atoms in total. The Labute approximate surface area is 153 Å². The summed E-state index contributed by atoms with van der Waals surface area (Å²) in [6.45, 7) is 2.31. The van der Waals surface area contributed by atoms with Crippen molar-refractivity contribution in [3.05, 3.63) is 53.4 Å². The predicted octanol–water partition coefficient (Wildman–Crippen LogP) is 3.37. The first-order chi connectivity index (χ1) is 11.8. The van der Waals surface area contributed by atoms with Crippen LogP contribution in [0.3, 0.4) is 0 Å². The molecule has 0 saturated carbocycles. The molecule has 0 spiro atoms. The molecule has 0 radical (unpaired) electrons. The van der Waals surface area contributed by atoms with Crippen molar-refractivity contribution in [3.8, 4) is 0 Å². The maximum Gasteiger partial charge on any atom is 0.252 e. The number of benzene rings is 1. The molecular formula is C18H24N2O3S2. The first-order valence-electron chi connectivity index (χ1n) is 8.14. The normalized spacial score (nSPS) is 13.0. The number of sulfonamides is 1. The van der Waals surface area contributed by atoms with Gasteiger partial charge in [-0.15, -0.1) is 11.3 Å². The first-order valence-corrected chi connectivity index (χ1v) is 10.5. The van der Waals surface area contributed by atoms with Gasteiger partial charge in [0, 0.05) is 27.1 Å². The van der Waals surface area contributed by atoms with E-state index >= 15 is 0 Å². The molecule has 0 N–H and O–H groups in total. The maximum atomic E-state index is 12.4. The van der Waals surface area contributed by atoms with Crippen LogP contribution < -0.4 is 0 Å². The SMILES string of the molecule is CC(c1ccccc1)N(C)C(=O)CCCN(C)S(=O)(=O)c1cccs1. The highest BCUT2D eigenvalue weighted by Crippen LogP contribution is 2.21. The highest BCUT2D eigenvalue weighted by Gasteiger charge is 2.22. The molecule has 0 aliphatic carbocycles. The summed E-state index contributed by atoms with van der Waals surface area (Å²) < 4.78 is 26.3. The lowest BCUT2D eigenvalue weighted by molar-refractivity contribution is -0.131. The Hall–Kier alpha value is -1.70. The van der Waals surface area contributed by atoms with E-state index in [-0.39, 0.29) is 11.9 Å². The summed E-state index contributed by atoms with van der Waals surface area (Å²) in [5.74, 6) is 0.0123. The summed E-state index contributed by atoms with van der Waals surface area (Å²) in [6, 6.07) is 13.1. The van der Waals surface area contributed by atoms with Gasteiger partial charge in [0.25, 0.3) is 10.0 Å². The van der Waals surface area contributed by atoms with Crippen LogP contribution in [0, 0.1) is 0 Å². The third-order valence-corrected chi connectivity index (χ3v) is 7.51. The molecule has 1 aromatic heterocycles. The minimum absolute atomic E-state index is 0.0123. The number of hydrogen-bond donors (Lipinski definition) is 0. The van der Waals surface area contributed by atoms with Crippen molar-refractivity contribution in [2.24, 2.45) is 0 Å². The smallest absolute Gasteiger partial charge is 0.252 e. The van der Waals surface area contributed by atoms with Gasteiger partial charge in [-0.1, -0.05) is 36.4 Å². The Morgan fingerprint density at radius 2 is 1.80 bits per heavy atom. The van der Waals surface area contributed by atoms with E-state index in [9.17, 15) is 13.2 Å². The fraction of sp³-hybridized carbons (Fsp3) is 0.389. The van der Waals surface area contributed by atoms with Gasteiger partial charge in [0.15, 0.2) is 0 Å². The number of rotatable bonds is 8. The quantitative estimate of drug-likeness (QED) is 0.705. The largest absolute Gasteiger partial charge is 0.339 e. The van der Waals surface area contributed by atoms with Crippen molar-refractivity contribution in [2.45, 2.75) is 30.0 Å². The van der Waals surface area contributed by atoms with Gasteiger partial charge in [-0.25, -0.2) is 12.7 Å². The monoisotopic (exact) mass is 380 g/mol. The van der Waals surface area contributed by atoms with E-state index in [0.717, 1.165) is 5.56 Å². The van der Waals surface area contributed by atoms with Crippen LogP contribution in [-0.2, 0) is 14.8 Å². The van der Waals surface area contributed by atoms with E-state index in [2.05, 4.69) is 0 Å². The van der Waals surface area contributed by atoms with Gasteiger partial charge in [0.2, 0.25) is 5.91 Å². The molecule has 0 fully saturated rings. The van der Waals surface area contributed by atoms with Crippen molar-refractivity contribution in [2.75, 3.05) is 20.6 Å². The van der Waals surface area contributed by atoms with Crippen LogP contribution in [0.5, 0.6) is 0 Å². The van der Waals surface area contributed by atoms with Crippen LogP contribution in [0.2, 0.25) is 0 Å². The zero-order valence-electron chi connectivity index (χ0n) is 14.8. The highest BCUT2D eigenvalue weighted by atomic mass is 32.2. The van der Waals surface area contributed by atoms with Gasteiger partial charge < -0.3 is 4.90 Å². The number of nitrogens with zero attached hydrogens (tertiary/aromatic N) is 2. The molecule has 0 bridgehead atoms. The molecule has 1 unspecified atom stereocenters. The van der Waals surface area contributed by atoms with E-state index in [1.165, 1.54) is 15.6 Å². The van der Waals surface area contributed by atoms with Gasteiger partial charge in [-0.05, 0) is 30.4 Å². The van der Waals surface area contributed by atoms with Gasteiger partial charge in [-0.3, -0.25) is 4.79 Å². The van der Waals surface area contributed by atoms with Crippen LogP contribution in [0.1, 0.15) is 31.4 Å². The molecule has 0 aliphatic rings. The lowest BCUT2D eigenvalue weighted by Crippen LogP contribution is -2.31. The van der Waals surface area contributed by atoms with Crippen LogP contribution in [0.15, 0.2) is 52.1 Å². The molecule has 136 valence electrons. The van der Waals surface area contributed by atoms with E-state index in [4.69, 9.17) is 0 Å². The van der Waals surface area contributed by atoms with Gasteiger partial charge in [-0.2, -0.15) is 0 Å². The van der Waals surface area contributed by atoms with Crippen molar-refractivity contribution < 1.29 is 13.2 Å². The van der Waals surface area contributed by atoms with E-state index in [1.807, 2.05) is 37.3 Å². The second-order valence-corrected chi connectivity index (χ2v) is 9.17. The number of carbonyl (C=O) groups excluding carboxylic acids is 1. The Kier molecular flexibility index (Phi) is 6.75. The second kappa shape index (κ2) is 8.60. The van der Waals surface area contributed by atoms with Gasteiger partial charge >= 0.3 is 0 Å². The van der Waals surface area contributed by atoms with Crippen LogP contribution in [-0.4, -0.2) is 44.2 Å². The molecule has 1 heterocycles. The molecule has 1 amide bonds.